The molecule has 1 aromatic rings. The van der Waals surface area contributed by atoms with Gasteiger partial charge in [-0.3, -0.25) is 0 Å². The number of primary amides is 1. The summed E-state index contributed by atoms with van der Waals surface area (Å²) in [6.07, 6.45) is 1.37. The SMILES string of the molecule is CN(C)S(=O)(=O)N(C(N)=O)c1cc(Br)cnc1Cl. The number of carbonyl (C=O) groups is 1. The van der Waals surface area contributed by atoms with Gasteiger partial charge >= 0.3 is 16.2 Å². The van der Waals surface area contributed by atoms with Crippen LogP contribution >= 0.6 is 27.5 Å². The maximum atomic E-state index is 12.0. The number of carbonyl (C=O) groups excluding carboxylic acids is 1. The van der Waals surface area contributed by atoms with E-state index in [1.807, 2.05) is 0 Å². The molecule has 0 aliphatic heterocycles. The third kappa shape index (κ3) is 2.91. The average Bonchev–Trinajstić information content (AvgIpc) is 2.22. The minimum Gasteiger partial charge on any atom is -0.350 e. The standard InChI is InChI=1S/C8H10BrClN4O3S/c1-13(2)18(16,17)14(8(11)15)6-3-5(9)4-12-7(6)10/h3-4H,1-2H3,(H2,11,15). The normalized spacial score (nSPS) is 11.6. The van der Waals surface area contributed by atoms with Crippen LogP contribution in [-0.4, -0.2) is 37.8 Å². The van der Waals surface area contributed by atoms with Gasteiger partial charge in [-0.05, 0) is 22.0 Å². The number of pyridine rings is 1. The summed E-state index contributed by atoms with van der Waals surface area (Å²) in [4.78, 5) is 15.1. The lowest BCUT2D eigenvalue weighted by atomic mass is 10.4. The van der Waals surface area contributed by atoms with Crippen molar-refractivity contribution in [2.24, 2.45) is 5.73 Å². The van der Waals surface area contributed by atoms with E-state index in [1.165, 1.54) is 26.4 Å². The highest BCUT2D eigenvalue weighted by molar-refractivity contribution is 9.10. The Balaban J connectivity index is 3.48. The molecule has 0 atom stereocenters. The Bertz CT molecular complexity index is 578. The van der Waals surface area contributed by atoms with E-state index < -0.39 is 16.2 Å². The second-order valence-electron chi connectivity index (χ2n) is 3.36. The average molecular weight is 358 g/mol. The molecular formula is C8H10BrClN4O3S. The molecule has 2 amide bonds. The number of rotatable bonds is 3. The summed E-state index contributed by atoms with van der Waals surface area (Å²) < 4.78 is 25.7. The van der Waals surface area contributed by atoms with E-state index in [9.17, 15) is 13.2 Å². The van der Waals surface area contributed by atoms with Gasteiger partial charge in [-0.2, -0.15) is 17.0 Å². The molecule has 0 spiro atoms. The second-order valence-corrected chi connectivity index (χ2v) is 6.62. The predicted octanol–water partition coefficient (Wildman–Crippen LogP) is 1.19. The lowest BCUT2D eigenvalue weighted by Crippen LogP contribution is -2.46. The van der Waals surface area contributed by atoms with Crippen LogP contribution in [0.5, 0.6) is 0 Å². The Morgan fingerprint density at radius 1 is 1.50 bits per heavy atom. The maximum absolute atomic E-state index is 12.0. The van der Waals surface area contributed by atoms with Gasteiger partial charge in [-0.15, -0.1) is 0 Å². The zero-order valence-corrected chi connectivity index (χ0v) is 12.6. The first kappa shape index (κ1) is 15.2. The lowest BCUT2D eigenvalue weighted by molar-refractivity contribution is 0.256. The number of anilines is 1. The van der Waals surface area contributed by atoms with Crippen LogP contribution in [0.15, 0.2) is 16.7 Å². The number of hydrogen-bond donors (Lipinski definition) is 1. The summed E-state index contributed by atoms with van der Waals surface area (Å²) in [7, 11) is -1.55. The van der Waals surface area contributed by atoms with E-state index >= 15 is 0 Å². The number of halogens is 2. The monoisotopic (exact) mass is 356 g/mol. The molecular weight excluding hydrogens is 348 g/mol. The van der Waals surface area contributed by atoms with Crippen molar-refractivity contribution >= 4 is 49.5 Å². The topological polar surface area (TPSA) is 96.6 Å². The number of amides is 2. The molecule has 0 saturated carbocycles. The molecule has 10 heteroatoms. The Kier molecular flexibility index (Phi) is 4.54. The summed E-state index contributed by atoms with van der Waals surface area (Å²) in [5, 5.41) is -0.151. The maximum Gasteiger partial charge on any atom is 0.334 e. The first-order chi connectivity index (χ1) is 8.17. The quantitative estimate of drug-likeness (QED) is 0.822. The molecule has 0 aliphatic rings. The molecule has 0 aromatic carbocycles. The molecule has 7 nitrogen and oxygen atoms in total. The molecule has 2 N–H and O–H groups in total. The highest BCUT2D eigenvalue weighted by Gasteiger charge is 2.31. The minimum atomic E-state index is -4.08. The van der Waals surface area contributed by atoms with Crippen LogP contribution in [0, 0.1) is 0 Å². The fourth-order valence-corrected chi connectivity index (χ4v) is 2.57. The number of nitrogens with zero attached hydrogens (tertiary/aromatic N) is 3. The Morgan fingerprint density at radius 2 is 2.06 bits per heavy atom. The molecule has 0 unspecified atom stereocenters. The molecule has 0 fully saturated rings. The summed E-state index contributed by atoms with van der Waals surface area (Å²) in [5.41, 5.74) is 4.97. The van der Waals surface area contributed by atoms with Crippen LogP contribution in [0.4, 0.5) is 10.5 Å². The second kappa shape index (κ2) is 5.39. The molecule has 18 heavy (non-hydrogen) atoms. The van der Waals surface area contributed by atoms with Gasteiger partial charge in [0.2, 0.25) is 0 Å². The van der Waals surface area contributed by atoms with Crippen molar-refractivity contribution in [3.05, 3.63) is 21.9 Å². The van der Waals surface area contributed by atoms with Crippen molar-refractivity contribution in [3.8, 4) is 0 Å². The van der Waals surface area contributed by atoms with E-state index in [2.05, 4.69) is 20.9 Å². The molecule has 100 valence electrons. The van der Waals surface area contributed by atoms with Gasteiger partial charge in [0.1, 0.15) is 5.69 Å². The summed E-state index contributed by atoms with van der Waals surface area (Å²) in [5.74, 6) is 0. The highest BCUT2D eigenvalue weighted by Crippen LogP contribution is 2.29. The molecule has 0 radical (unpaired) electrons. The minimum absolute atomic E-state index is 0.118. The van der Waals surface area contributed by atoms with E-state index in [1.54, 1.807) is 0 Å². The molecule has 1 heterocycles. The first-order valence-corrected chi connectivity index (χ1v) is 7.08. The summed E-state index contributed by atoms with van der Waals surface area (Å²) in [6.45, 7) is 0. The summed E-state index contributed by atoms with van der Waals surface area (Å²) >= 11 is 8.89. The number of urea groups is 1. The number of hydrogen-bond acceptors (Lipinski definition) is 4. The Morgan fingerprint density at radius 3 is 2.50 bits per heavy atom. The van der Waals surface area contributed by atoms with Crippen molar-refractivity contribution in [1.29, 1.82) is 0 Å². The van der Waals surface area contributed by atoms with E-state index in [-0.39, 0.29) is 10.8 Å². The van der Waals surface area contributed by atoms with Gasteiger partial charge in [0.05, 0.1) is 0 Å². The fraction of sp³-hybridized carbons (Fsp3) is 0.250. The molecule has 1 aromatic heterocycles. The largest absolute Gasteiger partial charge is 0.350 e. The zero-order valence-electron chi connectivity index (χ0n) is 9.46. The van der Waals surface area contributed by atoms with E-state index in [4.69, 9.17) is 17.3 Å². The first-order valence-electron chi connectivity index (χ1n) is 4.51. The smallest absolute Gasteiger partial charge is 0.334 e. The van der Waals surface area contributed by atoms with Gasteiger partial charge in [-0.1, -0.05) is 11.6 Å². The van der Waals surface area contributed by atoms with Crippen molar-refractivity contribution < 1.29 is 13.2 Å². The highest BCUT2D eigenvalue weighted by atomic mass is 79.9. The third-order valence-electron chi connectivity index (χ3n) is 1.90. The molecule has 0 bridgehead atoms. The van der Waals surface area contributed by atoms with Crippen LogP contribution in [0.25, 0.3) is 0 Å². The zero-order chi connectivity index (χ0) is 14.1. The van der Waals surface area contributed by atoms with E-state index in [0.717, 1.165) is 4.31 Å². The van der Waals surface area contributed by atoms with Crippen molar-refractivity contribution in [3.63, 3.8) is 0 Å². The van der Waals surface area contributed by atoms with E-state index in [0.29, 0.717) is 8.78 Å². The van der Waals surface area contributed by atoms with Crippen LogP contribution < -0.4 is 10.0 Å². The van der Waals surface area contributed by atoms with Gasteiger partial charge < -0.3 is 5.73 Å². The van der Waals surface area contributed by atoms with Gasteiger partial charge in [0.15, 0.2) is 5.15 Å². The lowest BCUT2D eigenvalue weighted by Gasteiger charge is -2.24. The van der Waals surface area contributed by atoms with Crippen molar-refractivity contribution in [2.75, 3.05) is 18.4 Å². The predicted molar refractivity (Wildman–Crippen MR) is 71.6 cm³/mol. The number of nitrogens with two attached hydrogens (primary N) is 1. The van der Waals surface area contributed by atoms with Gasteiger partial charge in [-0.25, -0.2) is 9.78 Å². The third-order valence-corrected chi connectivity index (χ3v) is 4.38. The van der Waals surface area contributed by atoms with Crippen LogP contribution in [-0.2, 0) is 10.2 Å². The van der Waals surface area contributed by atoms with Crippen LogP contribution in [0.1, 0.15) is 0 Å². The van der Waals surface area contributed by atoms with Crippen LogP contribution in [0.2, 0.25) is 5.15 Å². The van der Waals surface area contributed by atoms with Crippen LogP contribution in [0.3, 0.4) is 0 Å². The van der Waals surface area contributed by atoms with Crippen molar-refractivity contribution in [2.45, 2.75) is 0 Å². The Labute approximate surface area is 118 Å². The number of aromatic nitrogens is 1. The molecule has 0 saturated heterocycles. The summed E-state index contributed by atoms with van der Waals surface area (Å²) in [6, 6.07) is 0.159. The molecule has 1 rings (SSSR count). The Hall–Kier alpha value is -0.900. The van der Waals surface area contributed by atoms with Gasteiger partial charge in [0, 0.05) is 24.8 Å². The van der Waals surface area contributed by atoms with Gasteiger partial charge in [0.25, 0.3) is 0 Å². The molecule has 0 aliphatic carbocycles. The van der Waals surface area contributed by atoms with Crippen molar-refractivity contribution in [1.82, 2.24) is 9.29 Å². The fourth-order valence-electron chi connectivity index (χ4n) is 1.07.